The van der Waals surface area contributed by atoms with Crippen LogP contribution < -0.4 is 5.32 Å². The third kappa shape index (κ3) is 3.71. The summed E-state index contributed by atoms with van der Waals surface area (Å²) in [6.45, 7) is 0.976. The lowest BCUT2D eigenvalue weighted by Crippen LogP contribution is -2.33. The molecule has 0 atom stereocenters. The number of nitro benzene ring substituents is 1. The molecule has 1 amide bonds. The number of nitrogens with zero attached hydrogens (tertiary/aromatic N) is 2. The van der Waals surface area contributed by atoms with Gasteiger partial charge in [-0.25, -0.2) is 4.39 Å². The van der Waals surface area contributed by atoms with E-state index >= 15 is 0 Å². The molecule has 1 aromatic rings. The van der Waals surface area contributed by atoms with Crippen LogP contribution in [0.3, 0.4) is 0 Å². The number of rotatable bonds is 5. The third-order valence-electron chi connectivity index (χ3n) is 2.49. The van der Waals surface area contributed by atoms with E-state index in [-0.39, 0.29) is 10.0 Å². The van der Waals surface area contributed by atoms with E-state index in [1.807, 2.05) is 0 Å². The molecule has 1 rings (SSSR count). The van der Waals surface area contributed by atoms with Crippen LogP contribution in [0.25, 0.3) is 0 Å². The molecule has 0 saturated heterocycles. The van der Waals surface area contributed by atoms with E-state index in [4.69, 9.17) is 0 Å². The Morgan fingerprint density at radius 1 is 1.58 bits per heavy atom. The first-order valence-electron chi connectivity index (χ1n) is 5.42. The van der Waals surface area contributed by atoms with Crippen LogP contribution in [0.4, 0.5) is 10.1 Å². The minimum absolute atomic E-state index is 0.0137. The largest absolute Gasteiger partial charge is 0.340 e. The zero-order chi connectivity index (χ0) is 14.6. The number of nitrogens with one attached hydrogen (secondary N) is 1. The van der Waals surface area contributed by atoms with Crippen molar-refractivity contribution in [3.05, 3.63) is 38.1 Å². The molecule has 0 aliphatic carbocycles. The molecule has 104 valence electrons. The zero-order valence-corrected chi connectivity index (χ0v) is 12.0. The van der Waals surface area contributed by atoms with Crippen molar-refractivity contribution in [2.45, 2.75) is 0 Å². The molecular weight excluding hydrogens is 321 g/mol. The highest BCUT2D eigenvalue weighted by Gasteiger charge is 2.23. The maximum absolute atomic E-state index is 13.3. The van der Waals surface area contributed by atoms with Crippen molar-refractivity contribution in [2.75, 3.05) is 27.2 Å². The number of hydrogen-bond donors (Lipinski definition) is 1. The predicted octanol–water partition coefficient (Wildman–Crippen LogP) is 1.79. The van der Waals surface area contributed by atoms with Crippen molar-refractivity contribution in [3.8, 4) is 0 Å². The molecule has 1 aromatic carbocycles. The molecule has 8 heteroatoms. The lowest BCUT2D eigenvalue weighted by atomic mass is 10.1. The van der Waals surface area contributed by atoms with Gasteiger partial charge in [0.2, 0.25) is 0 Å². The van der Waals surface area contributed by atoms with E-state index < -0.39 is 22.3 Å². The van der Waals surface area contributed by atoms with E-state index in [0.29, 0.717) is 13.1 Å². The number of carbonyl (C=O) groups is 1. The van der Waals surface area contributed by atoms with Gasteiger partial charge in [0.1, 0.15) is 10.3 Å². The molecule has 0 spiro atoms. The van der Waals surface area contributed by atoms with Gasteiger partial charge in [0.05, 0.1) is 16.6 Å². The van der Waals surface area contributed by atoms with Crippen molar-refractivity contribution < 1.29 is 14.1 Å². The lowest BCUT2D eigenvalue weighted by Gasteiger charge is -2.17. The van der Waals surface area contributed by atoms with Crippen LogP contribution in [0.5, 0.6) is 0 Å². The van der Waals surface area contributed by atoms with Gasteiger partial charge in [-0.1, -0.05) is 0 Å². The first kappa shape index (κ1) is 15.5. The minimum atomic E-state index is -0.819. The smallest absolute Gasteiger partial charge is 0.287 e. The molecule has 0 saturated carbocycles. The van der Waals surface area contributed by atoms with Gasteiger partial charge < -0.3 is 10.2 Å². The monoisotopic (exact) mass is 333 g/mol. The van der Waals surface area contributed by atoms with Crippen LogP contribution >= 0.6 is 15.9 Å². The molecule has 0 radical (unpaired) electrons. The third-order valence-corrected chi connectivity index (χ3v) is 3.32. The molecular formula is C11H13BrFN3O3. The minimum Gasteiger partial charge on any atom is -0.340 e. The van der Waals surface area contributed by atoms with Crippen LogP contribution in [0.15, 0.2) is 16.6 Å². The van der Waals surface area contributed by atoms with Gasteiger partial charge in [-0.15, -0.1) is 0 Å². The van der Waals surface area contributed by atoms with Crippen molar-refractivity contribution in [3.63, 3.8) is 0 Å². The summed E-state index contributed by atoms with van der Waals surface area (Å²) in [5.74, 6) is -1.30. The van der Waals surface area contributed by atoms with Gasteiger partial charge in [-0.2, -0.15) is 0 Å². The molecule has 0 aliphatic heterocycles. The van der Waals surface area contributed by atoms with Crippen LogP contribution in [-0.2, 0) is 0 Å². The Bertz CT molecular complexity index is 510. The van der Waals surface area contributed by atoms with Crippen LogP contribution in [0.1, 0.15) is 10.4 Å². The Balaban J connectivity index is 3.13. The Hall–Kier alpha value is -1.54. The summed E-state index contributed by atoms with van der Waals surface area (Å²) in [5, 5.41) is 13.6. The van der Waals surface area contributed by atoms with E-state index in [9.17, 15) is 19.3 Å². The van der Waals surface area contributed by atoms with Gasteiger partial charge in [0, 0.05) is 20.1 Å². The number of likely N-dealkylation sites (N-methyl/N-ethyl adjacent to an activating group) is 2. The molecule has 0 heterocycles. The van der Waals surface area contributed by atoms with Gasteiger partial charge in [0.15, 0.2) is 0 Å². The highest BCUT2D eigenvalue weighted by molar-refractivity contribution is 9.10. The van der Waals surface area contributed by atoms with Gasteiger partial charge in [-0.3, -0.25) is 14.9 Å². The number of hydrogen-bond acceptors (Lipinski definition) is 4. The molecule has 6 nitrogen and oxygen atoms in total. The first-order chi connectivity index (χ1) is 8.88. The number of carbonyl (C=O) groups excluding carboxylic acids is 1. The molecule has 0 aromatic heterocycles. The fraction of sp³-hybridized carbons (Fsp3) is 0.364. The highest BCUT2D eigenvalue weighted by atomic mass is 79.9. The molecule has 19 heavy (non-hydrogen) atoms. The van der Waals surface area contributed by atoms with E-state index in [1.165, 1.54) is 4.90 Å². The number of halogens is 2. The summed E-state index contributed by atoms with van der Waals surface area (Å²) in [5.41, 5.74) is -0.532. The molecule has 0 bridgehead atoms. The first-order valence-corrected chi connectivity index (χ1v) is 6.21. The number of amides is 1. The SMILES string of the molecule is CNCCN(C)C(=O)c1cc(F)cc([N+](=O)[O-])c1Br. The molecule has 0 aliphatic rings. The maximum Gasteiger partial charge on any atom is 0.287 e. The van der Waals surface area contributed by atoms with Gasteiger partial charge >= 0.3 is 0 Å². The van der Waals surface area contributed by atoms with Crippen LogP contribution in [0.2, 0.25) is 0 Å². The summed E-state index contributed by atoms with van der Waals surface area (Å²) in [7, 11) is 3.28. The summed E-state index contributed by atoms with van der Waals surface area (Å²) >= 11 is 2.98. The van der Waals surface area contributed by atoms with E-state index in [2.05, 4.69) is 21.2 Å². The van der Waals surface area contributed by atoms with Crippen LogP contribution in [-0.4, -0.2) is 42.9 Å². The van der Waals surface area contributed by atoms with Crippen LogP contribution in [0, 0.1) is 15.9 Å². The van der Waals surface area contributed by atoms with Crippen molar-refractivity contribution in [2.24, 2.45) is 0 Å². The van der Waals surface area contributed by atoms with Crippen molar-refractivity contribution in [1.29, 1.82) is 0 Å². The second-order valence-corrected chi connectivity index (χ2v) is 4.67. The maximum atomic E-state index is 13.3. The van der Waals surface area contributed by atoms with Gasteiger partial charge in [-0.05, 0) is 29.0 Å². The Morgan fingerprint density at radius 3 is 2.74 bits per heavy atom. The summed E-state index contributed by atoms with van der Waals surface area (Å²) in [6.07, 6.45) is 0. The lowest BCUT2D eigenvalue weighted by molar-refractivity contribution is -0.385. The highest BCUT2D eigenvalue weighted by Crippen LogP contribution is 2.30. The van der Waals surface area contributed by atoms with Crippen molar-refractivity contribution in [1.82, 2.24) is 10.2 Å². The standard InChI is InChI=1S/C11H13BrFN3O3/c1-14-3-4-15(2)11(17)8-5-7(13)6-9(10(8)12)16(18)19/h5-6,14H,3-4H2,1-2H3. The molecule has 0 fully saturated rings. The van der Waals surface area contributed by atoms with Crippen molar-refractivity contribution >= 4 is 27.5 Å². The average Bonchev–Trinajstić information content (AvgIpc) is 2.37. The normalized spacial score (nSPS) is 10.3. The summed E-state index contributed by atoms with van der Waals surface area (Å²) in [4.78, 5) is 23.5. The Morgan fingerprint density at radius 2 is 2.21 bits per heavy atom. The number of benzene rings is 1. The summed E-state index contributed by atoms with van der Waals surface area (Å²) in [6, 6.07) is 1.75. The number of nitro groups is 1. The average molecular weight is 334 g/mol. The zero-order valence-electron chi connectivity index (χ0n) is 10.4. The fourth-order valence-electron chi connectivity index (χ4n) is 1.45. The quantitative estimate of drug-likeness (QED) is 0.658. The molecule has 1 N–H and O–H groups in total. The van der Waals surface area contributed by atoms with E-state index in [0.717, 1.165) is 12.1 Å². The van der Waals surface area contributed by atoms with E-state index in [1.54, 1.807) is 14.1 Å². The predicted molar refractivity (Wildman–Crippen MR) is 71.6 cm³/mol. The second-order valence-electron chi connectivity index (χ2n) is 3.87. The van der Waals surface area contributed by atoms with Gasteiger partial charge in [0.25, 0.3) is 11.6 Å². The topological polar surface area (TPSA) is 75.5 Å². The fourth-order valence-corrected chi connectivity index (χ4v) is 1.99. The summed E-state index contributed by atoms with van der Waals surface area (Å²) < 4.78 is 13.3. The molecule has 0 unspecified atom stereocenters. The Kier molecular flexibility index (Phi) is 5.37. The second kappa shape index (κ2) is 6.58. The Labute approximate surface area is 117 Å².